The Hall–Kier alpha value is -2.76. The highest BCUT2D eigenvalue weighted by Crippen LogP contribution is 2.25. The van der Waals surface area contributed by atoms with Crippen LogP contribution in [0.2, 0.25) is 0 Å². The molecule has 1 heterocycles. The third kappa shape index (κ3) is 3.66. The second kappa shape index (κ2) is 6.80. The van der Waals surface area contributed by atoms with Crippen molar-refractivity contribution in [3.8, 4) is 11.5 Å². The van der Waals surface area contributed by atoms with Gasteiger partial charge in [0.15, 0.2) is 5.78 Å². The van der Waals surface area contributed by atoms with Gasteiger partial charge in [-0.15, -0.1) is 0 Å². The first-order chi connectivity index (χ1) is 10.5. The number of carbonyl (C=O) groups is 2. The minimum atomic E-state index is -0.385. The lowest BCUT2D eigenvalue weighted by Gasteiger charge is -2.02. The fourth-order valence-corrected chi connectivity index (χ4v) is 2.10. The van der Waals surface area contributed by atoms with E-state index >= 15 is 0 Å². The monoisotopic (exact) mass is 303 g/mol. The second-order valence-corrected chi connectivity index (χ2v) is 4.87. The van der Waals surface area contributed by atoms with Gasteiger partial charge in [-0.3, -0.25) is 9.59 Å². The Balaban J connectivity index is 2.06. The topological polar surface area (TPSA) is 99.6 Å². The maximum absolute atomic E-state index is 12.3. The SMILES string of the molecule is COC(=O)CCCc1cc(C(=O)c2cc(O)ccc2O)c[nH]1. The van der Waals surface area contributed by atoms with Crippen molar-refractivity contribution in [1.29, 1.82) is 0 Å². The Morgan fingerprint density at radius 3 is 2.73 bits per heavy atom. The molecule has 0 aliphatic carbocycles. The Bertz CT molecular complexity index is 690. The van der Waals surface area contributed by atoms with Crippen molar-refractivity contribution in [3.05, 3.63) is 47.3 Å². The van der Waals surface area contributed by atoms with Gasteiger partial charge in [-0.1, -0.05) is 0 Å². The molecule has 0 atom stereocenters. The van der Waals surface area contributed by atoms with E-state index in [1.807, 2.05) is 0 Å². The van der Waals surface area contributed by atoms with Crippen LogP contribution >= 0.6 is 0 Å². The molecule has 0 aliphatic heterocycles. The Kier molecular flexibility index (Phi) is 4.83. The zero-order valence-electron chi connectivity index (χ0n) is 12.1. The number of aromatic amines is 1. The van der Waals surface area contributed by atoms with E-state index in [1.54, 1.807) is 12.3 Å². The number of aromatic nitrogens is 1. The largest absolute Gasteiger partial charge is 0.508 e. The Labute approximate surface area is 127 Å². The maximum Gasteiger partial charge on any atom is 0.305 e. The van der Waals surface area contributed by atoms with Gasteiger partial charge >= 0.3 is 5.97 Å². The van der Waals surface area contributed by atoms with E-state index in [9.17, 15) is 19.8 Å². The van der Waals surface area contributed by atoms with Crippen LogP contribution in [0.25, 0.3) is 0 Å². The molecule has 6 heteroatoms. The number of rotatable bonds is 6. The van der Waals surface area contributed by atoms with E-state index < -0.39 is 0 Å². The molecular formula is C16H17NO5. The summed E-state index contributed by atoms with van der Waals surface area (Å²) in [4.78, 5) is 26.3. The summed E-state index contributed by atoms with van der Waals surface area (Å²) in [7, 11) is 1.34. The van der Waals surface area contributed by atoms with Gasteiger partial charge in [-0.05, 0) is 37.1 Å². The number of H-pyrrole nitrogens is 1. The van der Waals surface area contributed by atoms with E-state index in [1.165, 1.54) is 25.3 Å². The summed E-state index contributed by atoms with van der Waals surface area (Å²) >= 11 is 0. The van der Waals surface area contributed by atoms with Gasteiger partial charge in [-0.2, -0.15) is 0 Å². The highest BCUT2D eigenvalue weighted by molar-refractivity contribution is 6.10. The molecule has 1 aromatic heterocycles. The zero-order chi connectivity index (χ0) is 16.1. The number of phenolic OH excluding ortho intramolecular Hbond substituents is 2. The van der Waals surface area contributed by atoms with Crippen molar-refractivity contribution in [3.63, 3.8) is 0 Å². The van der Waals surface area contributed by atoms with Crippen molar-refractivity contribution in [2.45, 2.75) is 19.3 Å². The summed E-state index contributed by atoms with van der Waals surface area (Å²) in [5, 5.41) is 19.1. The first-order valence-electron chi connectivity index (χ1n) is 6.82. The van der Waals surface area contributed by atoms with E-state index in [0.717, 1.165) is 5.69 Å². The van der Waals surface area contributed by atoms with Crippen LogP contribution in [0, 0.1) is 0 Å². The number of hydrogen-bond acceptors (Lipinski definition) is 5. The molecule has 0 saturated heterocycles. The normalized spacial score (nSPS) is 10.4. The Morgan fingerprint density at radius 2 is 2.00 bits per heavy atom. The molecule has 2 aromatic rings. The van der Waals surface area contributed by atoms with Crippen molar-refractivity contribution < 1.29 is 24.5 Å². The van der Waals surface area contributed by atoms with Crippen molar-refractivity contribution in [2.24, 2.45) is 0 Å². The molecule has 1 aromatic carbocycles. The molecule has 0 saturated carbocycles. The lowest BCUT2D eigenvalue weighted by atomic mass is 10.0. The van der Waals surface area contributed by atoms with E-state index in [-0.39, 0.29) is 28.8 Å². The van der Waals surface area contributed by atoms with Gasteiger partial charge in [0.25, 0.3) is 0 Å². The number of aromatic hydroxyl groups is 2. The number of esters is 1. The second-order valence-electron chi connectivity index (χ2n) is 4.87. The number of methoxy groups -OCH3 is 1. The molecule has 0 fully saturated rings. The number of carbonyl (C=O) groups excluding carboxylic acids is 2. The predicted octanol–water partition coefficient (Wildman–Crippen LogP) is 2.15. The van der Waals surface area contributed by atoms with Gasteiger partial charge in [0, 0.05) is 23.9 Å². The third-order valence-electron chi connectivity index (χ3n) is 3.28. The first-order valence-corrected chi connectivity index (χ1v) is 6.82. The molecule has 3 N–H and O–H groups in total. The van der Waals surface area contributed by atoms with Crippen LogP contribution in [0.3, 0.4) is 0 Å². The molecule has 0 bridgehead atoms. The van der Waals surface area contributed by atoms with E-state index in [4.69, 9.17) is 0 Å². The summed E-state index contributed by atoms with van der Waals surface area (Å²) in [5.41, 5.74) is 1.24. The molecule has 0 radical (unpaired) electrons. The van der Waals surface area contributed by atoms with Gasteiger partial charge in [0.1, 0.15) is 11.5 Å². The number of ether oxygens (including phenoxy) is 1. The summed E-state index contributed by atoms with van der Waals surface area (Å²) in [6.45, 7) is 0. The zero-order valence-corrected chi connectivity index (χ0v) is 12.1. The van der Waals surface area contributed by atoms with Crippen LogP contribution in [-0.4, -0.2) is 34.1 Å². The molecule has 116 valence electrons. The number of ketones is 1. The van der Waals surface area contributed by atoms with Crippen LogP contribution in [0.4, 0.5) is 0 Å². The molecular weight excluding hydrogens is 286 g/mol. The number of nitrogens with one attached hydrogen (secondary N) is 1. The highest BCUT2D eigenvalue weighted by atomic mass is 16.5. The highest BCUT2D eigenvalue weighted by Gasteiger charge is 2.16. The molecule has 0 unspecified atom stereocenters. The summed E-state index contributed by atoms with van der Waals surface area (Å²) in [6.07, 6.45) is 3.07. The van der Waals surface area contributed by atoms with Crippen LogP contribution in [0.15, 0.2) is 30.5 Å². The molecule has 22 heavy (non-hydrogen) atoms. The fraction of sp³-hybridized carbons (Fsp3) is 0.250. The van der Waals surface area contributed by atoms with Gasteiger partial charge in [0.2, 0.25) is 0 Å². The van der Waals surface area contributed by atoms with E-state index in [0.29, 0.717) is 24.8 Å². The van der Waals surface area contributed by atoms with Crippen LogP contribution in [0.5, 0.6) is 11.5 Å². The maximum atomic E-state index is 12.3. The fourth-order valence-electron chi connectivity index (χ4n) is 2.10. The lowest BCUT2D eigenvalue weighted by molar-refractivity contribution is -0.140. The smallest absolute Gasteiger partial charge is 0.305 e. The molecule has 2 rings (SSSR count). The average molecular weight is 303 g/mol. The lowest BCUT2D eigenvalue weighted by Crippen LogP contribution is -2.01. The summed E-state index contributed by atoms with van der Waals surface area (Å²) in [5.74, 6) is -0.928. The van der Waals surface area contributed by atoms with Crippen LogP contribution in [0.1, 0.15) is 34.5 Å². The quantitative estimate of drug-likeness (QED) is 0.431. The van der Waals surface area contributed by atoms with Gasteiger partial charge in [-0.25, -0.2) is 0 Å². The molecule has 0 aliphatic rings. The number of benzene rings is 1. The van der Waals surface area contributed by atoms with Crippen molar-refractivity contribution >= 4 is 11.8 Å². The first kappa shape index (κ1) is 15.6. The number of aryl methyl sites for hydroxylation is 1. The minimum absolute atomic E-state index is 0.0418. The predicted molar refractivity (Wildman–Crippen MR) is 79.0 cm³/mol. The molecule has 0 spiro atoms. The van der Waals surface area contributed by atoms with Crippen molar-refractivity contribution in [1.82, 2.24) is 4.98 Å². The van der Waals surface area contributed by atoms with Crippen LogP contribution < -0.4 is 0 Å². The third-order valence-corrected chi connectivity index (χ3v) is 3.28. The van der Waals surface area contributed by atoms with Gasteiger partial charge in [0.05, 0.1) is 12.7 Å². The van der Waals surface area contributed by atoms with Gasteiger partial charge < -0.3 is 19.9 Å². The standard InChI is InChI=1S/C16H17NO5/c1-22-15(20)4-2-3-11-7-10(9-17-11)16(21)13-8-12(18)5-6-14(13)19/h5-9,17-19H,2-4H2,1H3. The van der Waals surface area contributed by atoms with Crippen LogP contribution in [-0.2, 0) is 16.0 Å². The number of phenols is 2. The molecule has 6 nitrogen and oxygen atoms in total. The Morgan fingerprint density at radius 1 is 1.23 bits per heavy atom. The molecule has 0 amide bonds. The minimum Gasteiger partial charge on any atom is -0.508 e. The average Bonchev–Trinajstić information content (AvgIpc) is 2.97. The van der Waals surface area contributed by atoms with Crippen molar-refractivity contribution in [2.75, 3.05) is 7.11 Å². The number of hydrogen-bond donors (Lipinski definition) is 3. The summed E-state index contributed by atoms with van der Waals surface area (Å²) < 4.78 is 4.56. The van der Waals surface area contributed by atoms with E-state index in [2.05, 4.69) is 9.72 Å². The summed E-state index contributed by atoms with van der Waals surface area (Å²) in [6, 6.07) is 5.47.